The van der Waals surface area contributed by atoms with E-state index >= 15 is 0 Å². The average Bonchev–Trinajstić information content (AvgIpc) is 2.99. The summed E-state index contributed by atoms with van der Waals surface area (Å²) in [6.07, 6.45) is 0.216. The minimum Gasteiger partial charge on any atom is -0.487 e. The molecular formula is C24H35F2N3O7. The molecule has 0 radical (unpaired) electrons. The second-order valence-corrected chi connectivity index (χ2v) is 9.43. The van der Waals surface area contributed by atoms with E-state index in [1.165, 1.54) is 24.1 Å². The van der Waals surface area contributed by atoms with Gasteiger partial charge in [0.05, 0.1) is 18.8 Å². The fourth-order valence-electron chi connectivity index (χ4n) is 4.60. The maximum atomic E-state index is 14.1. The molecule has 36 heavy (non-hydrogen) atoms. The molecule has 0 aliphatic carbocycles. The SMILES string of the molecule is CCOC(=O)N1CCC(O)(CN2CCN(C(=O)COC)C[C@](O)(COc3cccc(F)c3F)C2)CC1. The van der Waals surface area contributed by atoms with Gasteiger partial charge in [0.25, 0.3) is 0 Å². The summed E-state index contributed by atoms with van der Waals surface area (Å²) in [5, 5.41) is 22.7. The standard InChI is InChI=1S/C24H35F2N3O7/c1-3-35-22(31)28-9-7-23(32,8-10-28)14-27-11-12-29(20(30)13-34-2)16-24(33,15-27)17-36-19-6-4-5-18(25)21(19)26/h4-6,32-33H,3,7-17H2,1-2H3/t24-/m0/s1. The molecule has 2 N–H and O–H groups in total. The molecule has 1 aromatic rings. The van der Waals surface area contributed by atoms with Crippen molar-refractivity contribution in [2.24, 2.45) is 0 Å². The number of hydrogen-bond acceptors (Lipinski definition) is 8. The number of rotatable bonds is 8. The summed E-state index contributed by atoms with van der Waals surface area (Å²) in [4.78, 5) is 29.3. The van der Waals surface area contributed by atoms with E-state index in [2.05, 4.69) is 0 Å². The second kappa shape index (κ2) is 12.1. The maximum Gasteiger partial charge on any atom is 0.409 e. The molecule has 1 aromatic carbocycles. The maximum absolute atomic E-state index is 14.1. The van der Waals surface area contributed by atoms with Gasteiger partial charge in [0, 0.05) is 46.4 Å². The first-order valence-corrected chi connectivity index (χ1v) is 12.0. The number of hydrogen-bond donors (Lipinski definition) is 2. The van der Waals surface area contributed by atoms with E-state index in [1.807, 2.05) is 4.90 Å². The monoisotopic (exact) mass is 515 g/mol. The van der Waals surface area contributed by atoms with Gasteiger partial charge < -0.3 is 34.2 Å². The number of halogens is 2. The summed E-state index contributed by atoms with van der Waals surface area (Å²) >= 11 is 0. The highest BCUT2D eigenvalue weighted by atomic mass is 19.2. The van der Waals surface area contributed by atoms with E-state index in [0.29, 0.717) is 32.5 Å². The molecule has 2 aliphatic rings. The molecule has 12 heteroatoms. The number of benzene rings is 1. The number of likely N-dealkylation sites (tertiary alicyclic amines) is 1. The van der Waals surface area contributed by atoms with Crippen LogP contribution in [0, 0.1) is 11.6 Å². The lowest BCUT2D eigenvalue weighted by Gasteiger charge is -2.41. The molecular weight excluding hydrogens is 480 g/mol. The van der Waals surface area contributed by atoms with Gasteiger partial charge in [-0.15, -0.1) is 0 Å². The molecule has 0 saturated carbocycles. The van der Waals surface area contributed by atoms with Crippen molar-refractivity contribution in [3.63, 3.8) is 0 Å². The zero-order valence-corrected chi connectivity index (χ0v) is 20.8. The highest BCUT2D eigenvalue weighted by Crippen LogP contribution is 2.27. The Morgan fingerprint density at radius 3 is 2.42 bits per heavy atom. The lowest BCUT2D eigenvalue weighted by molar-refractivity contribution is -0.138. The van der Waals surface area contributed by atoms with Crippen molar-refractivity contribution in [3.05, 3.63) is 29.8 Å². The van der Waals surface area contributed by atoms with Gasteiger partial charge >= 0.3 is 6.09 Å². The Morgan fingerprint density at radius 2 is 1.75 bits per heavy atom. The summed E-state index contributed by atoms with van der Waals surface area (Å²) in [6, 6.07) is 3.51. The van der Waals surface area contributed by atoms with E-state index < -0.39 is 35.5 Å². The van der Waals surface area contributed by atoms with Crippen molar-refractivity contribution < 1.29 is 42.8 Å². The summed E-state index contributed by atoms with van der Waals surface area (Å²) in [6.45, 7) is 2.78. The van der Waals surface area contributed by atoms with Gasteiger partial charge in [-0.2, -0.15) is 4.39 Å². The molecule has 2 heterocycles. The summed E-state index contributed by atoms with van der Waals surface area (Å²) < 4.78 is 43.1. The highest BCUT2D eigenvalue weighted by molar-refractivity contribution is 5.77. The van der Waals surface area contributed by atoms with Gasteiger partial charge in [-0.3, -0.25) is 9.69 Å². The first-order valence-electron chi connectivity index (χ1n) is 12.0. The molecule has 0 bridgehead atoms. The van der Waals surface area contributed by atoms with E-state index in [9.17, 15) is 28.6 Å². The third-order valence-corrected chi connectivity index (χ3v) is 6.46. The van der Waals surface area contributed by atoms with E-state index in [1.54, 1.807) is 11.8 Å². The summed E-state index contributed by atoms with van der Waals surface area (Å²) in [5.41, 5.74) is -2.76. The number of carbonyl (C=O) groups excluding carboxylic acids is 2. The molecule has 202 valence electrons. The summed E-state index contributed by atoms with van der Waals surface area (Å²) in [7, 11) is 1.39. The van der Waals surface area contributed by atoms with Crippen LogP contribution in [-0.2, 0) is 14.3 Å². The third-order valence-electron chi connectivity index (χ3n) is 6.46. The smallest absolute Gasteiger partial charge is 0.409 e. The van der Waals surface area contributed by atoms with E-state index in [4.69, 9.17) is 14.2 Å². The van der Waals surface area contributed by atoms with Crippen LogP contribution in [-0.4, -0.2) is 121 Å². The zero-order chi connectivity index (χ0) is 26.3. The molecule has 2 fully saturated rings. The average molecular weight is 516 g/mol. The molecule has 0 aromatic heterocycles. The Balaban J connectivity index is 1.71. The predicted octanol–water partition coefficient (Wildman–Crippen LogP) is 0.849. The Bertz CT molecular complexity index is 914. The number of nitrogens with zero attached hydrogens (tertiary/aromatic N) is 3. The Hall–Kier alpha value is -2.54. The van der Waals surface area contributed by atoms with Crippen LogP contribution >= 0.6 is 0 Å². The minimum absolute atomic E-state index is 0.0184. The van der Waals surface area contributed by atoms with Crippen LogP contribution < -0.4 is 4.74 Å². The molecule has 0 unspecified atom stereocenters. The number of methoxy groups -OCH3 is 1. The lowest BCUT2D eigenvalue weighted by Crippen LogP contribution is -2.56. The van der Waals surface area contributed by atoms with Gasteiger partial charge in [0.1, 0.15) is 18.8 Å². The fraction of sp³-hybridized carbons (Fsp3) is 0.667. The van der Waals surface area contributed by atoms with Crippen LogP contribution in [0.1, 0.15) is 19.8 Å². The molecule has 2 aliphatic heterocycles. The Morgan fingerprint density at radius 1 is 1.03 bits per heavy atom. The first kappa shape index (κ1) is 28.0. The van der Waals surface area contributed by atoms with Crippen molar-refractivity contribution >= 4 is 12.0 Å². The zero-order valence-electron chi connectivity index (χ0n) is 20.8. The van der Waals surface area contributed by atoms with E-state index in [-0.39, 0.29) is 51.0 Å². The number of aliphatic hydroxyl groups is 2. The molecule has 1 atom stereocenters. The van der Waals surface area contributed by atoms with Crippen LogP contribution in [0.2, 0.25) is 0 Å². The Kier molecular flexibility index (Phi) is 9.45. The first-order chi connectivity index (χ1) is 17.1. The van der Waals surface area contributed by atoms with Crippen molar-refractivity contribution in [2.75, 3.05) is 72.7 Å². The number of amides is 2. The van der Waals surface area contributed by atoms with Crippen LogP contribution in [0.3, 0.4) is 0 Å². The van der Waals surface area contributed by atoms with Gasteiger partial charge in [0.2, 0.25) is 11.7 Å². The van der Waals surface area contributed by atoms with Gasteiger partial charge in [-0.05, 0) is 31.9 Å². The quantitative estimate of drug-likeness (QED) is 0.524. The topological polar surface area (TPSA) is 112 Å². The molecule has 3 rings (SSSR count). The molecule has 2 saturated heterocycles. The fourth-order valence-corrected chi connectivity index (χ4v) is 4.60. The second-order valence-electron chi connectivity index (χ2n) is 9.43. The highest BCUT2D eigenvalue weighted by Gasteiger charge is 2.42. The Labute approximate surface area is 209 Å². The van der Waals surface area contributed by atoms with Crippen molar-refractivity contribution in [2.45, 2.75) is 31.0 Å². The summed E-state index contributed by atoms with van der Waals surface area (Å²) in [5.74, 6) is -2.92. The normalized spacial score (nSPS) is 22.7. The minimum atomic E-state index is -1.64. The number of ether oxygens (including phenoxy) is 3. The predicted molar refractivity (Wildman–Crippen MR) is 124 cm³/mol. The molecule has 10 nitrogen and oxygen atoms in total. The number of β-amino-alcohol motifs (C(OH)–C–C–N with tert-alkyl or cyclic N) is 2. The van der Waals surface area contributed by atoms with Crippen LogP contribution in [0.4, 0.5) is 13.6 Å². The van der Waals surface area contributed by atoms with Gasteiger partial charge in [-0.25, -0.2) is 9.18 Å². The van der Waals surface area contributed by atoms with Gasteiger partial charge in [0.15, 0.2) is 11.6 Å². The third kappa shape index (κ3) is 7.25. The van der Waals surface area contributed by atoms with Crippen LogP contribution in [0.15, 0.2) is 18.2 Å². The van der Waals surface area contributed by atoms with Crippen molar-refractivity contribution in [1.29, 1.82) is 0 Å². The van der Waals surface area contributed by atoms with E-state index in [0.717, 1.165) is 6.07 Å². The van der Waals surface area contributed by atoms with Crippen LogP contribution in [0.5, 0.6) is 5.75 Å². The largest absolute Gasteiger partial charge is 0.487 e. The van der Waals surface area contributed by atoms with Gasteiger partial charge in [-0.1, -0.05) is 6.07 Å². The molecule has 2 amide bonds. The van der Waals surface area contributed by atoms with Crippen molar-refractivity contribution in [3.8, 4) is 5.75 Å². The lowest BCUT2D eigenvalue weighted by atomic mass is 9.90. The van der Waals surface area contributed by atoms with Crippen molar-refractivity contribution in [1.82, 2.24) is 14.7 Å². The number of piperidine rings is 1. The number of carbonyl (C=O) groups is 2. The van der Waals surface area contributed by atoms with Crippen LogP contribution in [0.25, 0.3) is 0 Å². The molecule has 0 spiro atoms.